The molecule has 2 rings (SSSR count). The summed E-state index contributed by atoms with van der Waals surface area (Å²) in [5.41, 5.74) is 1.26. The van der Waals surface area contributed by atoms with Gasteiger partial charge in [-0.25, -0.2) is 9.37 Å². The van der Waals surface area contributed by atoms with Gasteiger partial charge in [0.25, 0.3) is 0 Å². The Morgan fingerprint density at radius 3 is 2.53 bits per heavy atom. The smallest absolute Gasteiger partial charge is 0.170 e. The number of nitrogens with zero attached hydrogens (tertiary/aromatic N) is 2. The number of benzene rings is 1. The topological polar surface area (TPSA) is 25.4 Å². The van der Waals surface area contributed by atoms with Crippen LogP contribution in [0.4, 0.5) is 15.9 Å². The zero-order valence-corrected chi connectivity index (χ0v) is 11.5. The van der Waals surface area contributed by atoms with Crippen molar-refractivity contribution < 1.29 is 9.13 Å². The molecule has 2 aromatic rings. The van der Waals surface area contributed by atoms with Crippen molar-refractivity contribution in [2.45, 2.75) is 5.88 Å². The Hall–Kier alpha value is -1.81. The van der Waals surface area contributed by atoms with Crippen LogP contribution in [0.25, 0.3) is 0 Å². The molecule has 0 bridgehead atoms. The second-order valence-electron chi connectivity index (χ2n) is 4.00. The van der Waals surface area contributed by atoms with Crippen molar-refractivity contribution in [3.05, 3.63) is 47.9 Å². The van der Waals surface area contributed by atoms with Crippen LogP contribution in [0.2, 0.25) is 0 Å². The molecule has 0 N–H and O–H groups in total. The summed E-state index contributed by atoms with van der Waals surface area (Å²) in [6.45, 7) is 0. The molecule has 0 radical (unpaired) electrons. The van der Waals surface area contributed by atoms with E-state index in [1.165, 1.54) is 0 Å². The lowest BCUT2D eigenvalue weighted by Gasteiger charge is -2.19. The Labute approximate surface area is 116 Å². The van der Waals surface area contributed by atoms with Crippen LogP contribution in [0.3, 0.4) is 0 Å². The molecule has 1 aromatic carbocycles. The molecule has 0 aliphatic rings. The van der Waals surface area contributed by atoms with Gasteiger partial charge in [0.2, 0.25) is 0 Å². The van der Waals surface area contributed by atoms with Crippen LogP contribution in [0.5, 0.6) is 5.75 Å². The van der Waals surface area contributed by atoms with Crippen molar-refractivity contribution >= 4 is 23.1 Å². The Morgan fingerprint density at radius 2 is 1.95 bits per heavy atom. The van der Waals surface area contributed by atoms with Crippen LogP contribution in [0.1, 0.15) is 5.56 Å². The molecule has 100 valence electrons. The standard InChI is InChI=1S/C14H14ClFN2O/c1-18(11-3-5-12(19-2)6-4-11)14-13(16)10(9-15)7-8-17-14/h3-8H,9H2,1-2H3. The fraction of sp³-hybridized carbons (Fsp3) is 0.214. The van der Waals surface area contributed by atoms with Gasteiger partial charge in [0.15, 0.2) is 11.6 Å². The molecule has 19 heavy (non-hydrogen) atoms. The average molecular weight is 281 g/mol. The van der Waals surface area contributed by atoms with Gasteiger partial charge in [0.1, 0.15) is 5.75 Å². The van der Waals surface area contributed by atoms with E-state index in [2.05, 4.69) is 4.98 Å². The number of halogens is 2. The molecule has 0 fully saturated rings. The minimum atomic E-state index is -0.393. The maximum atomic E-state index is 14.1. The zero-order valence-electron chi connectivity index (χ0n) is 10.7. The van der Waals surface area contributed by atoms with Crippen molar-refractivity contribution in [3.8, 4) is 5.75 Å². The van der Waals surface area contributed by atoms with Crippen LogP contribution >= 0.6 is 11.6 Å². The van der Waals surface area contributed by atoms with E-state index in [0.717, 1.165) is 11.4 Å². The van der Waals surface area contributed by atoms with Gasteiger partial charge in [-0.3, -0.25) is 0 Å². The molecular weight excluding hydrogens is 267 g/mol. The predicted octanol–water partition coefficient (Wildman–Crippen LogP) is 3.74. The molecule has 1 aromatic heterocycles. The van der Waals surface area contributed by atoms with Crippen LogP contribution in [0, 0.1) is 5.82 Å². The summed E-state index contributed by atoms with van der Waals surface area (Å²) < 4.78 is 19.2. The van der Waals surface area contributed by atoms with E-state index >= 15 is 0 Å². The first-order chi connectivity index (χ1) is 9.17. The maximum Gasteiger partial charge on any atom is 0.170 e. The number of hydrogen-bond acceptors (Lipinski definition) is 3. The Balaban J connectivity index is 2.35. The van der Waals surface area contributed by atoms with Crippen LogP contribution in [0.15, 0.2) is 36.5 Å². The van der Waals surface area contributed by atoms with Gasteiger partial charge in [-0.1, -0.05) is 0 Å². The van der Waals surface area contributed by atoms with Gasteiger partial charge in [-0.2, -0.15) is 0 Å². The number of pyridine rings is 1. The Bertz CT molecular complexity index is 560. The normalized spacial score (nSPS) is 10.3. The molecule has 1 heterocycles. The number of ether oxygens (including phenoxy) is 1. The van der Waals surface area contributed by atoms with Crippen molar-refractivity contribution in [3.63, 3.8) is 0 Å². The van der Waals surface area contributed by atoms with E-state index < -0.39 is 5.82 Å². The summed E-state index contributed by atoms with van der Waals surface area (Å²) in [6.07, 6.45) is 1.55. The molecule has 0 aliphatic carbocycles. The summed E-state index contributed by atoms with van der Waals surface area (Å²) in [4.78, 5) is 5.74. The monoisotopic (exact) mass is 280 g/mol. The quantitative estimate of drug-likeness (QED) is 0.798. The number of alkyl halides is 1. The highest BCUT2D eigenvalue weighted by Gasteiger charge is 2.14. The van der Waals surface area contributed by atoms with Crippen LogP contribution in [-0.4, -0.2) is 19.1 Å². The molecule has 0 atom stereocenters. The van der Waals surface area contributed by atoms with E-state index in [4.69, 9.17) is 16.3 Å². The minimum absolute atomic E-state index is 0.123. The van der Waals surface area contributed by atoms with Crippen molar-refractivity contribution in [2.75, 3.05) is 19.1 Å². The lowest BCUT2D eigenvalue weighted by molar-refractivity contribution is 0.415. The summed E-state index contributed by atoms with van der Waals surface area (Å²) in [5.74, 6) is 0.733. The largest absolute Gasteiger partial charge is 0.497 e. The highest BCUT2D eigenvalue weighted by atomic mass is 35.5. The third kappa shape index (κ3) is 2.79. The molecule has 0 spiro atoms. The first-order valence-electron chi connectivity index (χ1n) is 5.74. The SMILES string of the molecule is COc1ccc(N(C)c2nccc(CCl)c2F)cc1. The van der Waals surface area contributed by atoms with Gasteiger partial charge < -0.3 is 9.64 Å². The van der Waals surface area contributed by atoms with Crippen molar-refractivity contribution in [2.24, 2.45) is 0 Å². The minimum Gasteiger partial charge on any atom is -0.497 e. The number of methoxy groups -OCH3 is 1. The lowest BCUT2D eigenvalue weighted by Crippen LogP contribution is -2.13. The molecule has 0 unspecified atom stereocenters. The van der Waals surface area contributed by atoms with E-state index in [1.54, 1.807) is 31.3 Å². The molecule has 0 aliphatic heterocycles. The second-order valence-corrected chi connectivity index (χ2v) is 4.27. The Morgan fingerprint density at radius 1 is 1.26 bits per heavy atom. The fourth-order valence-corrected chi connectivity index (χ4v) is 1.94. The molecule has 5 heteroatoms. The van der Waals surface area contributed by atoms with E-state index in [9.17, 15) is 4.39 Å². The number of aromatic nitrogens is 1. The number of hydrogen-bond donors (Lipinski definition) is 0. The van der Waals surface area contributed by atoms with Gasteiger partial charge >= 0.3 is 0 Å². The van der Waals surface area contributed by atoms with Crippen molar-refractivity contribution in [1.29, 1.82) is 0 Å². The second kappa shape index (κ2) is 5.89. The Kier molecular flexibility index (Phi) is 4.22. The lowest BCUT2D eigenvalue weighted by atomic mass is 10.2. The molecule has 0 saturated heterocycles. The summed E-state index contributed by atoms with van der Waals surface area (Å²) in [5, 5.41) is 0. The predicted molar refractivity (Wildman–Crippen MR) is 74.8 cm³/mol. The van der Waals surface area contributed by atoms with Crippen molar-refractivity contribution in [1.82, 2.24) is 4.98 Å². The summed E-state index contributed by atoms with van der Waals surface area (Å²) >= 11 is 5.69. The molecule has 0 amide bonds. The fourth-order valence-electron chi connectivity index (χ4n) is 1.74. The van der Waals surface area contributed by atoms with E-state index in [1.807, 2.05) is 24.3 Å². The summed E-state index contributed by atoms with van der Waals surface area (Å²) in [6, 6.07) is 8.89. The highest BCUT2D eigenvalue weighted by molar-refractivity contribution is 6.17. The zero-order chi connectivity index (χ0) is 13.8. The highest BCUT2D eigenvalue weighted by Crippen LogP contribution is 2.27. The van der Waals surface area contributed by atoms with Crippen LogP contribution in [-0.2, 0) is 5.88 Å². The molecule has 0 saturated carbocycles. The number of rotatable bonds is 4. The maximum absolute atomic E-state index is 14.1. The van der Waals surface area contributed by atoms with E-state index in [0.29, 0.717) is 5.56 Å². The van der Waals surface area contributed by atoms with Gasteiger partial charge in [0.05, 0.1) is 13.0 Å². The van der Waals surface area contributed by atoms with E-state index in [-0.39, 0.29) is 11.7 Å². The third-order valence-corrected chi connectivity index (χ3v) is 3.16. The molecular formula is C14H14ClFN2O. The first kappa shape index (κ1) is 13.6. The first-order valence-corrected chi connectivity index (χ1v) is 6.28. The van der Waals surface area contributed by atoms with Gasteiger partial charge in [-0.05, 0) is 30.3 Å². The van der Waals surface area contributed by atoms with Gasteiger partial charge in [0, 0.05) is 24.5 Å². The summed E-state index contributed by atoms with van der Waals surface area (Å²) in [7, 11) is 3.36. The van der Waals surface area contributed by atoms with Crippen LogP contribution < -0.4 is 9.64 Å². The number of anilines is 2. The van der Waals surface area contributed by atoms with Gasteiger partial charge in [-0.15, -0.1) is 11.6 Å². The molecule has 3 nitrogen and oxygen atoms in total. The average Bonchev–Trinajstić information content (AvgIpc) is 2.47. The third-order valence-electron chi connectivity index (χ3n) is 2.87.